The number of carbonyl (C=O) groups is 1. The Morgan fingerprint density at radius 2 is 2.05 bits per heavy atom. The Morgan fingerprint density at radius 1 is 1.43 bits per heavy atom. The highest BCUT2D eigenvalue weighted by Gasteiger charge is 2.17. The van der Waals surface area contributed by atoms with Crippen LogP contribution in [0.1, 0.15) is 12.0 Å². The van der Waals surface area contributed by atoms with Gasteiger partial charge >= 0.3 is 0 Å². The molecule has 1 unspecified atom stereocenters. The second-order valence-electron chi connectivity index (χ2n) is 4.63. The van der Waals surface area contributed by atoms with Crippen molar-refractivity contribution in [3.8, 4) is 0 Å². The summed E-state index contributed by atoms with van der Waals surface area (Å²) in [4.78, 5) is 22.0. The van der Waals surface area contributed by atoms with E-state index in [1.807, 2.05) is 0 Å². The van der Waals surface area contributed by atoms with E-state index >= 15 is 0 Å². The quantitative estimate of drug-likeness (QED) is 0.536. The van der Waals surface area contributed by atoms with Gasteiger partial charge in [0.1, 0.15) is 9.84 Å². The molecule has 0 saturated heterocycles. The first kappa shape index (κ1) is 17.1. The third-order valence-corrected chi connectivity index (χ3v) is 3.76. The van der Waals surface area contributed by atoms with Crippen molar-refractivity contribution < 1.29 is 18.1 Å². The van der Waals surface area contributed by atoms with Crippen LogP contribution in [0.25, 0.3) is 0 Å². The first-order valence-electron chi connectivity index (χ1n) is 6.14. The lowest BCUT2D eigenvalue weighted by atomic mass is 10.1. The number of nitro benzene ring substituents is 1. The summed E-state index contributed by atoms with van der Waals surface area (Å²) in [5, 5.41) is 13.3. The van der Waals surface area contributed by atoms with Crippen molar-refractivity contribution in [2.24, 2.45) is 5.73 Å². The normalized spacial score (nSPS) is 12.7. The molecule has 0 aliphatic heterocycles. The molecule has 3 N–H and O–H groups in total. The molecule has 0 heterocycles. The third-order valence-electron chi connectivity index (χ3n) is 2.78. The molecule has 0 aliphatic carbocycles. The average Bonchev–Trinajstić information content (AvgIpc) is 2.41. The van der Waals surface area contributed by atoms with Crippen molar-refractivity contribution in [1.82, 2.24) is 5.32 Å². The minimum absolute atomic E-state index is 0.00154. The molecule has 1 amide bonds. The van der Waals surface area contributed by atoms with Crippen LogP contribution in [0.5, 0.6) is 0 Å². The summed E-state index contributed by atoms with van der Waals surface area (Å²) < 4.78 is 22.0. The van der Waals surface area contributed by atoms with E-state index in [4.69, 9.17) is 5.73 Å². The predicted molar refractivity (Wildman–Crippen MR) is 77.2 cm³/mol. The number of carbonyl (C=O) groups excluding carboxylic acids is 1. The van der Waals surface area contributed by atoms with E-state index in [2.05, 4.69) is 5.32 Å². The molecular formula is C12H17N3O5S. The van der Waals surface area contributed by atoms with Crippen LogP contribution in [0.3, 0.4) is 0 Å². The van der Waals surface area contributed by atoms with Crippen LogP contribution in [-0.2, 0) is 21.2 Å². The average molecular weight is 315 g/mol. The van der Waals surface area contributed by atoms with Crippen molar-refractivity contribution in [2.75, 3.05) is 12.0 Å². The smallest absolute Gasteiger partial charge is 0.274 e. The van der Waals surface area contributed by atoms with E-state index in [0.29, 0.717) is 5.56 Å². The van der Waals surface area contributed by atoms with Crippen LogP contribution in [0.4, 0.5) is 5.69 Å². The fourth-order valence-corrected chi connectivity index (χ4v) is 2.31. The first-order valence-corrected chi connectivity index (χ1v) is 8.20. The SMILES string of the molecule is CS(=O)(=O)CCC(N)C(=O)NCc1ccccc1[N+](=O)[O-]. The highest BCUT2D eigenvalue weighted by Crippen LogP contribution is 2.17. The molecule has 0 saturated carbocycles. The van der Waals surface area contributed by atoms with Gasteiger partial charge < -0.3 is 11.1 Å². The Morgan fingerprint density at radius 3 is 2.62 bits per heavy atom. The van der Waals surface area contributed by atoms with Gasteiger partial charge in [-0.15, -0.1) is 0 Å². The maximum absolute atomic E-state index is 11.7. The van der Waals surface area contributed by atoms with Crippen molar-refractivity contribution in [1.29, 1.82) is 0 Å². The van der Waals surface area contributed by atoms with E-state index in [-0.39, 0.29) is 24.4 Å². The van der Waals surface area contributed by atoms with Gasteiger partial charge in [-0.05, 0) is 6.42 Å². The Kier molecular flexibility index (Phi) is 5.79. The molecule has 9 heteroatoms. The van der Waals surface area contributed by atoms with Crippen molar-refractivity contribution in [3.05, 3.63) is 39.9 Å². The molecule has 0 spiro atoms. The van der Waals surface area contributed by atoms with E-state index in [0.717, 1.165) is 6.26 Å². The minimum atomic E-state index is -3.19. The Balaban J connectivity index is 2.59. The Labute approximate surface area is 122 Å². The van der Waals surface area contributed by atoms with Crippen molar-refractivity contribution in [3.63, 3.8) is 0 Å². The summed E-state index contributed by atoms with van der Waals surface area (Å²) in [6.45, 7) is -0.0391. The van der Waals surface area contributed by atoms with E-state index in [1.54, 1.807) is 6.07 Å². The second kappa shape index (κ2) is 7.14. The zero-order chi connectivity index (χ0) is 16.0. The largest absolute Gasteiger partial charge is 0.350 e. The second-order valence-corrected chi connectivity index (χ2v) is 6.89. The van der Waals surface area contributed by atoms with Gasteiger partial charge in [0.15, 0.2) is 0 Å². The lowest BCUT2D eigenvalue weighted by Gasteiger charge is -2.11. The number of nitrogens with two attached hydrogens (primary N) is 1. The molecule has 0 radical (unpaired) electrons. The number of benzene rings is 1. The molecule has 116 valence electrons. The lowest BCUT2D eigenvalue weighted by Crippen LogP contribution is -2.41. The summed E-state index contributed by atoms with van der Waals surface area (Å²) in [5.74, 6) is -0.732. The van der Waals surface area contributed by atoms with Gasteiger partial charge in [0.2, 0.25) is 5.91 Å². The summed E-state index contributed by atoms with van der Waals surface area (Å²) in [6.07, 6.45) is 1.06. The number of nitrogens with zero attached hydrogens (tertiary/aromatic N) is 1. The van der Waals surface area contributed by atoms with Crippen LogP contribution in [-0.4, -0.2) is 37.3 Å². The molecule has 1 aromatic carbocycles. The van der Waals surface area contributed by atoms with Crippen LogP contribution < -0.4 is 11.1 Å². The molecule has 8 nitrogen and oxygen atoms in total. The summed E-state index contributed by atoms with van der Waals surface area (Å²) in [5.41, 5.74) is 5.83. The number of nitro groups is 1. The molecule has 1 rings (SSSR count). The lowest BCUT2D eigenvalue weighted by molar-refractivity contribution is -0.385. The summed E-state index contributed by atoms with van der Waals surface area (Å²) in [6, 6.07) is 5.05. The third kappa shape index (κ3) is 5.88. The van der Waals surface area contributed by atoms with E-state index in [1.165, 1.54) is 18.2 Å². The predicted octanol–water partition coefficient (Wildman–Crippen LogP) is -0.0270. The molecule has 0 bridgehead atoms. The zero-order valence-electron chi connectivity index (χ0n) is 11.5. The fourth-order valence-electron chi connectivity index (χ4n) is 1.62. The molecule has 21 heavy (non-hydrogen) atoms. The molecule has 0 aromatic heterocycles. The first-order chi connectivity index (χ1) is 9.70. The topological polar surface area (TPSA) is 132 Å². The molecule has 0 aliphatic rings. The zero-order valence-corrected chi connectivity index (χ0v) is 12.3. The fraction of sp³-hybridized carbons (Fsp3) is 0.417. The number of sulfone groups is 1. The van der Waals surface area contributed by atoms with Gasteiger partial charge in [-0.2, -0.15) is 0 Å². The van der Waals surface area contributed by atoms with Gasteiger partial charge in [0, 0.05) is 24.4 Å². The van der Waals surface area contributed by atoms with Crippen LogP contribution in [0.15, 0.2) is 24.3 Å². The monoisotopic (exact) mass is 315 g/mol. The van der Waals surface area contributed by atoms with Gasteiger partial charge in [0.05, 0.1) is 16.7 Å². The van der Waals surface area contributed by atoms with Gasteiger partial charge in [0.25, 0.3) is 5.69 Å². The maximum atomic E-state index is 11.7. The van der Waals surface area contributed by atoms with Crippen LogP contribution in [0, 0.1) is 10.1 Å². The standard InChI is InChI=1S/C12H17N3O5S/c1-21(19,20)7-6-10(13)12(16)14-8-9-4-2-3-5-11(9)15(17)18/h2-5,10H,6-8,13H2,1H3,(H,14,16). The minimum Gasteiger partial charge on any atom is -0.350 e. The number of para-hydroxylation sites is 1. The van der Waals surface area contributed by atoms with Gasteiger partial charge in [-0.25, -0.2) is 8.42 Å². The number of rotatable bonds is 7. The number of nitrogens with one attached hydrogen (secondary N) is 1. The van der Waals surface area contributed by atoms with E-state index < -0.39 is 26.7 Å². The van der Waals surface area contributed by atoms with Crippen LogP contribution >= 0.6 is 0 Å². The highest BCUT2D eigenvalue weighted by molar-refractivity contribution is 7.90. The van der Waals surface area contributed by atoms with Gasteiger partial charge in [-0.1, -0.05) is 18.2 Å². The molecule has 1 aromatic rings. The molecular weight excluding hydrogens is 298 g/mol. The van der Waals surface area contributed by atoms with Crippen molar-refractivity contribution >= 4 is 21.4 Å². The number of hydrogen-bond acceptors (Lipinski definition) is 6. The number of hydrogen-bond donors (Lipinski definition) is 2. The van der Waals surface area contributed by atoms with Crippen molar-refractivity contribution in [2.45, 2.75) is 19.0 Å². The molecule has 0 fully saturated rings. The van der Waals surface area contributed by atoms with Crippen LogP contribution in [0.2, 0.25) is 0 Å². The molecule has 1 atom stereocenters. The highest BCUT2D eigenvalue weighted by atomic mass is 32.2. The summed E-state index contributed by atoms with van der Waals surface area (Å²) >= 11 is 0. The van der Waals surface area contributed by atoms with E-state index in [9.17, 15) is 23.3 Å². The Bertz CT molecular complexity index is 630. The van der Waals surface area contributed by atoms with Gasteiger partial charge in [-0.3, -0.25) is 14.9 Å². The Hall–Kier alpha value is -2.00. The maximum Gasteiger partial charge on any atom is 0.274 e. The summed E-state index contributed by atoms with van der Waals surface area (Å²) in [7, 11) is -3.19. The number of amides is 1.